The van der Waals surface area contributed by atoms with Crippen LogP contribution in [0.4, 0.5) is 0 Å². The van der Waals surface area contributed by atoms with E-state index in [1.54, 1.807) is 13.8 Å². The first-order valence-electron chi connectivity index (χ1n) is 12.3. The number of pyridine rings is 2. The maximum Gasteiger partial charge on any atom is 0.137 e. The Morgan fingerprint density at radius 2 is 1.76 bits per heavy atom. The van der Waals surface area contributed by atoms with E-state index in [9.17, 15) is 5.11 Å². The van der Waals surface area contributed by atoms with Crippen molar-refractivity contribution in [3.63, 3.8) is 0 Å². The zero-order valence-electron chi connectivity index (χ0n) is 20.5. The molecule has 4 aromatic heterocycles. The van der Waals surface area contributed by atoms with E-state index in [0.29, 0.717) is 6.04 Å². The lowest BCUT2D eigenvalue weighted by Gasteiger charge is -2.31. The second-order valence-corrected chi connectivity index (χ2v) is 9.84. The van der Waals surface area contributed by atoms with Crippen molar-refractivity contribution in [2.45, 2.75) is 58.6 Å². The Bertz CT molecular complexity index is 1290. The summed E-state index contributed by atoms with van der Waals surface area (Å²) in [6, 6.07) is 4.75. The summed E-state index contributed by atoms with van der Waals surface area (Å²) in [5, 5.41) is 16.3. The molecule has 7 nitrogen and oxygen atoms in total. The molecule has 0 unspecified atom stereocenters. The molecule has 0 amide bonds. The molecule has 0 aliphatic carbocycles. The van der Waals surface area contributed by atoms with Gasteiger partial charge in [-0.15, -0.1) is 0 Å². The molecule has 1 fully saturated rings. The number of hydrogen-bond acceptors (Lipinski definition) is 5. The Hall–Kier alpha value is -3.03. The van der Waals surface area contributed by atoms with E-state index in [1.807, 2.05) is 24.8 Å². The van der Waals surface area contributed by atoms with Crippen molar-refractivity contribution in [1.82, 2.24) is 29.6 Å². The molecule has 34 heavy (non-hydrogen) atoms. The zero-order chi connectivity index (χ0) is 23.9. The molecule has 7 heteroatoms. The average molecular weight is 459 g/mol. The van der Waals surface area contributed by atoms with E-state index in [-0.39, 0.29) is 0 Å². The van der Waals surface area contributed by atoms with E-state index in [2.05, 4.69) is 56.7 Å². The molecule has 0 bridgehead atoms. The van der Waals surface area contributed by atoms with Gasteiger partial charge in [-0.25, -0.2) is 4.98 Å². The third-order valence-electron chi connectivity index (χ3n) is 7.08. The molecule has 178 valence electrons. The summed E-state index contributed by atoms with van der Waals surface area (Å²) in [5.74, 6) is 0. The van der Waals surface area contributed by atoms with Crippen molar-refractivity contribution >= 4 is 11.0 Å². The molecule has 4 aromatic rings. The zero-order valence-corrected chi connectivity index (χ0v) is 20.5. The Labute approximate surface area is 200 Å². The number of aromatic nitrogens is 5. The van der Waals surface area contributed by atoms with E-state index in [1.165, 1.54) is 0 Å². The fourth-order valence-corrected chi connectivity index (χ4v) is 5.07. The number of likely N-dealkylation sites (tertiary alicyclic amines) is 1. The smallest absolute Gasteiger partial charge is 0.137 e. The minimum atomic E-state index is -0.965. The van der Waals surface area contributed by atoms with Crippen LogP contribution in [0, 0.1) is 0 Å². The first-order valence-corrected chi connectivity index (χ1v) is 12.3. The summed E-state index contributed by atoms with van der Waals surface area (Å²) in [6.07, 6.45) is 13.0. The fraction of sp³-hybridized carbons (Fsp3) is 0.444. The summed E-state index contributed by atoms with van der Waals surface area (Å²) in [5.41, 5.74) is 5.91. The molecule has 5 heterocycles. The summed E-state index contributed by atoms with van der Waals surface area (Å²) in [4.78, 5) is 15.1. The van der Waals surface area contributed by atoms with Crippen LogP contribution in [-0.4, -0.2) is 54.4 Å². The summed E-state index contributed by atoms with van der Waals surface area (Å²) in [7, 11) is 0. The molecule has 2 N–H and O–H groups in total. The molecule has 1 aliphatic rings. The second kappa shape index (κ2) is 8.96. The number of nitrogens with zero attached hydrogens (tertiary/aromatic N) is 5. The van der Waals surface area contributed by atoms with Gasteiger partial charge in [-0.3, -0.25) is 9.67 Å². The Morgan fingerprint density at radius 3 is 2.47 bits per heavy atom. The predicted octanol–water partition coefficient (Wildman–Crippen LogP) is 4.94. The highest BCUT2D eigenvalue weighted by Crippen LogP contribution is 2.33. The quantitative estimate of drug-likeness (QED) is 0.428. The van der Waals surface area contributed by atoms with E-state index in [0.717, 1.165) is 83.4 Å². The number of rotatable bonds is 6. The minimum Gasteiger partial charge on any atom is -0.384 e. The molecule has 5 rings (SSSR count). The number of piperidine rings is 1. The molecule has 0 spiro atoms. The number of aliphatic hydroxyl groups is 1. The van der Waals surface area contributed by atoms with Crippen LogP contribution < -0.4 is 0 Å². The molecular weight excluding hydrogens is 424 g/mol. The van der Waals surface area contributed by atoms with Crippen LogP contribution in [0.2, 0.25) is 0 Å². The van der Waals surface area contributed by atoms with Gasteiger partial charge in [-0.2, -0.15) is 5.10 Å². The van der Waals surface area contributed by atoms with Crippen LogP contribution in [0.15, 0.2) is 43.1 Å². The number of hydrogen-bond donors (Lipinski definition) is 2. The average Bonchev–Trinajstić information content (AvgIpc) is 3.50. The standard InChI is InChI=1S/C27H34N6O/c1-5-18-11-19(13-28-25(18)27(3,4)34)20-12-23-24(16-30-26(23)29-14-20)21-15-31-33(17-21)22-7-9-32(6-2)10-8-22/h11-17,22,34H,5-10H2,1-4H3,(H,29,30). The molecule has 0 saturated carbocycles. The van der Waals surface area contributed by atoms with Gasteiger partial charge in [0.15, 0.2) is 0 Å². The Morgan fingerprint density at radius 1 is 1.03 bits per heavy atom. The van der Waals surface area contributed by atoms with Crippen LogP contribution in [0.1, 0.15) is 57.8 Å². The van der Waals surface area contributed by atoms with Crippen molar-refractivity contribution in [1.29, 1.82) is 0 Å². The van der Waals surface area contributed by atoms with E-state index < -0.39 is 5.60 Å². The van der Waals surface area contributed by atoms with Crippen molar-refractivity contribution in [3.8, 4) is 22.3 Å². The monoisotopic (exact) mass is 458 g/mol. The summed E-state index contributed by atoms with van der Waals surface area (Å²) < 4.78 is 2.14. The van der Waals surface area contributed by atoms with Gasteiger partial charge in [0.2, 0.25) is 0 Å². The van der Waals surface area contributed by atoms with E-state index in [4.69, 9.17) is 5.10 Å². The highest BCUT2D eigenvalue weighted by Gasteiger charge is 2.23. The number of H-pyrrole nitrogens is 1. The maximum absolute atomic E-state index is 10.5. The van der Waals surface area contributed by atoms with Gasteiger partial charge in [-0.05, 0) is 57.4 Å². The van der Waals surface area contributed by atoms with Crippen LogP contribution in [0.3, 0.4) is 0 Å². The highest BCUT2D eigenvalue weighted by molar-refractivity contribution is 5.95. The number of nitrogens with one attached hydrogen (secondary N) is 1. The van der Waals surface area contributed by atoms with Crippen molar-refractivity contribution in [3.05, 3.63) is 54.4 Å². The van der Waals surface area contributed by atoms with Crippen LogP contribution in [0.5, 0.6) is 0 Å². The van der Waals surface area contributed by atoms with Gasteiger partial charge in [0.25, 0.3) is 0 Å². The molecule has 0 aromatic carbocycles. The Balaban J connectivity index is 1.46. The SMILES string of the molecule is CCc1cc(-c2cnc3[nH]cc(-c4cnn(C5CCN(CC)CC5)c4)c3c2)cnc1C(C)(C)O. The lowest BCUT2D eigenvalue weighted by atomic mass is 9.95. The van der Waals surface area contributed by atoms with Gasteiger partial charge in [0.05, 0.1) is 17.9 Å². The summed E-state index contributed by atoms with van der Waals surface area (Å²) in [6.45, 7) is 11.3. The maximum atomic E-state index is 10.5. The van der Waals surface area contributed by atoms with Gasteiger partial charge < -0.3 is 15.0 Å². The molecular formula is C27H34N6O. The normalized spacial score (nSPS) is 15.9. The van der Waals surface area contributed by atoms with Crippen LogP contribution in [0.25, 0.3) is 33.3 Å². The first kappa shape index (κ1) is 22.7. The minimum absolute atomic E-state index is 0.461. The summed E-state index contributed by atoms with van der Waals surface area (Å²) >= 11 is 0. The molecule has 1 aliphatic heterocycles. The number of fused-ring (bicyclic) bond motifs is 1. The Kier molecular flexibility index (Phi) is 6.00. The molecule has 0 radical (unpaired) electrons. The first-order chi connectivity index (χ1) is 16.4. The number of aromatic amines is 1. The van der Waals surface area contributed by atoms with Gasteiger partial charge in [0, 0.05) is 65.5 Å². The molecule has 1 saturated heterocycles. The second-order valence-electron chi connectivity index (χ2n) is 9.84. The fourth-order valence-electron chi connectivity index (χ4n) is 5.07. The third-order valence-corrected chi connectivity index (χ3v) is 7.08. The van der Waals surface area contributed by atoms with Crippen LogP contribution >= 0.6 is 0 Å². The predicted molar refractivity (Wildman–Crippen MR) is 136 cm³/mol. The van der Waals surface area contributed by atoms with Gasteiger partial charge in [-0.1, -0.05) is 13.8 Å². The van der Waals surface area contributed by atoms with Crippen LogP contribution in [-0.2, 0) is 12.0 Å². The van der Waals surface area contributed by atoms with Gasteiger partial charge >= 0.3 is 0 Å². The largest absolute Gasteiger partial charge is 0.384 e. The molecule has 0 atom stereocenters. The highest BCUT2D eigenvalue weighted by atomic mass is 16.3. The van der Waals surface area contributed by atoms with Crippen molar-refractivity contribution < 1.29 is 5.11 Å². The van der Waals surface area contributed by atoms with E-state index >= 15 is 0 Å². The lowest BCUT2D eigenvalue weighted by Crippen LogP contribution is -2.34. The van der Waals surface area contributed by atoms with Crippen molar-refractivity contribution in [2.75, 3.05) is 19.6 Å². The topological polar surface area (TPSA) is 82.9 Å². The van der Waals surface area contributed by atoms with Gasteiger partial charge in [0.1, 0.15) is 11.2 Å². The third kappa shape index (κ3) is 4.26. The number of aryl methyl sites for hydroxylation is 1. The van der Waals surface area contributed by atoms with Crippen molar-refractivity contribution in [2.24, 2.45) is 0 Å². The lowest BCUT2D eigenvalue weighted by molar-refractivity contribution is 0.0729.